The molecular weight excluding hydrogens is 230 g/mol. The average Bonchev–Trinajstić information content (AvgIpc) is 2.80. The number of nitrogens with zero attached hydrogens (tertiary/aromatic N) is 2. The first-order valence-corrected chi connectivity index (χ1v) is 6.47. The number of aryl methyl sites for hydroxylation is 1. The number of Topliss-reactive ketones (excluding diaryl/α,β-unsaturated/α-hetero) is 1. The summed E-state index contributed by atoms with van der Waals surface area (Å²) in [6.07, 6.45) is 3.68. The molecule has 0 atom stereocenters. The number of ketones is 1. The number of carbonyl (C=O) groups excluding carboxylic acids is 1. The number of hydrogen-bond donors (Lipinski definition) is 1. The zero-order chi connectivity index (χ0) is 13.8. The highest BCUT2D eigenvalue weighted by molar-refractivity contribution is 6.03. The van der Waals surface area contributed by atoms with Crippen LogP contribution in [0.15, 0.2) is 6.20 Å². The fraction of sp³-hybridized carbons (Fsp3) is 0.692. The molecule has 0 aromatic carbocycles. The highest BCUT2D eigenvalue weighted by Crippen LogP contribution is 2.25. The van der Waals surface area contributed by atoms with E-state index in [9.17, 15) is 4.79 Å². The lowest BCUT2D eigenvalue weighted by atomic mass is 9.87. The molecule has 18 heavy (non-hydrogen) atoms. The van der Waals surface area contributed by atoms with Crippen LogP contribution in [0.1, 0.15) is 50.5 Å². The largest absolute Gasteiger partial charge is 0.493 e. The van der Waals surface area contributed by atoms with Gasteiger partial charge in [-0.25, -0.2) is 0 Å². The molecule has 102 valence electrons. The van der Waals surface area contributed by atoms with E-state index in [2.05, 4.69) is 5.10 Å². The molecule has 0 amide bonds. The first-order chi connectivity index (χ1) is 8.53. The Balaban J connectivity index is 3.21. The van der Waals surface area contributed by atoms with Crippen molar-refractivity contribution in [1.82, 2.24) is 9.78 Å². The summed E-state index contributed by atoms with van der Waals surface area (Å²) in [4.78, 5) is 12.6. The predicted molar refractivity (Wildman–Crippen MR) is 70.9 cm³/mol. The van der Waals surface area contributed by atoms with Crippen LogP contribution < -0.4 is 10.5 Å². The van der Waals surface area contributed by atoms with Gasteiger partial charge in [0.1, 0.15) is 5.69 Å². The van der Waals surface area contributed by atoms with Gasteiger partial charge in [-0.15, -0.1) is 0 Å². The zero-order valence-electron chi connectivity index (χ0n) is 11.7. The summed E-state index contributed by atoms with van der Waals surface area (Å²) in [6.45, 7) is 6.58. The van der Waals surface area contributed by atoms with Gasteiger partial charge in [-0.05, 0) is 19.3 Å². The van der Waals surface area contributed by atoms with E-state index in [0.717, 1.165) is 6.42 Å². The maximum absolute atomic E-state index is 12.6. The summed E-state index contributed by atoms with van der Waals surface area (Å²) in [5.74, 6) is 0.417. The van der Waals surface area contributed by atoms with Crippen molar-refractivity contribution < 1.29 is 9.53 Å². The molecule has 0 radical (unpaired) electrons. The molecule has 0 saturated heterocycles. The van der Waals surface area contributed by atoms with E-state index < -0.39 is 5.54 Å². The van der Waals surface area contributed by atoms with Gasteiger partial charge < -0.3 is 10.5 Å². The highest BCUT2D eigenvalue weighted by atomic mass is 16.5. The number of ether oxygens (including phenoxy) is 1. The number of methoxy groups -OCH3 is 1. The molecule has 5 nitrogen and oxygen atoms in total. The Hall–Kier alpha value is -1.36. The monoisotopic (exact) mass is 253 g/mol. The highest BCUT2D eigenvalue weighted by Gasteiger charge is 2.35. The van der Waals surface area contributed by atoms with Crippen LogP contribution >= 0.6 is 0 Å². The molecule has 0 fully saturated rings. The number of rotatable bonds is 7. The molecule has 1 rings (SSSR count). The second-order valence-corrected chi connectivity index (χ2v) is 4.48. The fourth-order valence-corrected chi connectivity index (χ4v) is 1.93. The SMILES string of the molecule is CCCn1ncc(OC)c1C(=O)C(N)(CC)CC. The van der Waals surface area contributed by atoms with Gasteiger partial charge in [0.25, 0.3) is 0 Å². The Bertz CT molecular complexity index is 408. The molecule has 1 aromatic rings. The smallest absolute Gasteiger partial charge is 0.204 e. The van der Waals surface area contributed by atoms with Crippen molar-refractivity contribution in [3.8, 4) is 5.75 Å². The summed E-state index contributed by atoms with van der Waals surface area (Å²) < 4.78 is 6.91. The first kappa shape index (κ1) is 14.7. The summed E-state index contributed by atoms with van der Waals surface area (Å²) in [5, 5.41) is 4.20. The van der Waals surface area contributed by atoms with Gasteiger partial charge >= 0.3 is 0 Å². The van der Waals surface area contributed by atoms with Crippen molar-refractivity contribution in [3.63, 3.8) is 0 Å². The summed E-state index contributed by atoms with van der Waals surface area (Å²) in [5.41, 5.74) is 5.83. The Morgan fingerprint density at radius 3 is 2.50 bits per heavy atom. The van der Waals surface area contributed by atoms with Crippen LogP contribution in [0.3, 0.4) is 0 Å². The molecule has 0 aliphatic carbocycles. The van der Waals surface area contributed by atoms with Crippen LogP contribution in [0.25, 0.3) is 0 Å². The number of carbonyl (C=O) groups is 1. The lowest BCUT2D eigenvalue weighted by Gasteiger charge is -2.25. The Morgan fingerprint density at radius 2 is 2.06 bits per heavy atom. The summed E-state index contributed by atoms with van der Waals surface area (Å²) in [6, 6.07) is 0. The van der Waals surface area contributed by atoms with Crippen LogP contribution in [-0.2, 0) is 6.54 Å². The van der Waals surface area contributed by atoms with Crippen molar-refractivity contribution in [3.05, 3.63) is 11.9 Å². The molecule has 1 heterocycles. The minimum Gasteiger partial charge on any atom is -0.493 e. The number of nitrogens with two attached hydrogens (primary N) is 1. The van der Waals surface area contributed by atoms with Crippen LogP contribution in [0.5, 0.6) is 5.75 Å². The molecule has 0 unspecified atom stereocenters. The molecule has 0 saturated carbocycles. The average molecular weight is 253 g/mol. The lowest BCUT2D eigenvalue weighted by Crippen LogP contribution is -2.47. The van der Waals surface area contributed by atoms with Gasteiger partial charge in [-0.1, -0.05) is 20.8 Å². The van der Waals surface area contributed by atoms with Gasteiger partial charge in [0, 0.05) is 6.54 Å². The van der Waals surface area contributed by atoms with Crippen molar-refractivity contribution in [1.29, 1.82) is 0 Å². The second-order valence-electron chi connectivity index (χ2n) is 4.48. The molecule has 2 N–H and O–H groups in total. The van der Waals surface area contributed by atoms with E-state index >= 15 is 0 Å². The first-order valence-electron chi connectivity index (χ1n) is 6.47. The standard InChI is InChI=1S/C13H23N3O2/c1-5-8-16-11(10(18-4)9-15-16)12(17)13(14,6-2)7-3/h9H,5-8,14H2,1-4H3. The van der Waals surface area contributed by atoms with E-state index in [-0.39, 0.29) is 5.78 Å². The molecule has 0 aliphatic heterocycles. The van der Waals surface area contributed by atoms with Gasteiger partial charge in [0.15, 0.2) is 5.75 Å². The van der Waals surface area contributed by atoms with Gasteiger partial charge in [-0.3, -0.25) is 9.48 Å². The van der Waals surface area contributed by atoms with Crippen molar-refractivity contribution in [2.24, 2.45) is 5.73 Å². The van der Waals surface area contributed by atoms with Crippen LogP contribution in [0.4, 0.5) is 0 Å². The maximum Gasteiger partial charge on any atom is 0.204 e. The van der Waals surface area contributed by atoms with Crippen molar-refractivity contribution >= 4 is 5.78 Å². The van der Waals surface area contributed by atoms with Crippen LogP contribution in [-0.4, -0.2) is 28.2 Å². The minimum atomic E-state index is -0.835. The quantitative estimate of drug-likeness (QED) is 0.754. The Labute approximate surface area is 108 Å². The number of aromatic nitrogens is 2. The van der Waals surface area contributed by atoms with Crippen LogP contribution in [0, 0.1) is 0 Å². The van der Waals surface area contributed by atoms with E-state index in [1.165, 1.54) is 0 Å². The van der Waals surface area contributed by atoms with Crippen molar-refractivity contribution in [2.45, 2.75) is 52.1 Å². The van der Waals surface area contributed by atoms with Gasteiger partial charge in [0.05, 0.1) is 18.8 Å². The van der Waals surface area contributed by atoms with E-state index in [4.69, 9.17) is 10.5 Å². The molecule has 0 bridgehead atoms. The van der Waals surface area contributed by atoms with E-state index in [1.54, 1.807) is 18.0 Å². The molecular formula is C13H23N3O2. The third-order valence-electron chi connectivity index (χ3n) is 3.39. The van der Waals surface area contributed by atoms with Gasteiger partial charge in [0.2, 0.25) is 5.78 Å². The van der Waals surface area contributed by atoms with Crippen LogP contribution in [0.2, 0.25) is 0 Å². The summed E-state index contributed by atoms with van der Waals surface area (Å²) >= 11 is 0. The van der Waals surface area contributed by atoms with E-state index in [1.807, 2.05) is 20.8 Å². The van der Waals surface area contributed by atoms with Gasteiger partial charge in [-0.2, -0.15) is 5.10 Å². The third kappa shape index (κ3) is 2.56. The molecule has 1 aromatic heterocycles. The van der Waals surface area contributed by atoms with E-state index in [0.29, 0.717) is 30.8 Å². The Kier molecular flexibility index (Phi) is 4.90. The second kappa shape index (κ2) is 6.00. The predicted octanol–water partition coefficient (Wildman–Crippen LogP) is 2.00. The molecule has 0 spiro atoms. The number of hydrogen-bond acceptors (Lipinski definition) is 4. The summed E-state index contributed by atoms with van der Waals surface area (Å²) in [7, 11) is 1.54. The topological polar surface area (TPSA) is 70.1 Å². The third-order valence-corrected chi connectivity index (χ3v) is 3.39. The fourth-order valence-electron chi connectivity index (χ4n) is 1.93. The molecule has 5 heteroatoms. The zero-order valence-corrected chi connectivity index (χ0v) is 11.7. The van der Waals surface area contributed by atoms with Crippen molar-refractivity contribution in [2.75, 3.05) is 7.11 Å². The normalized spacial score (nSPS) is 11.6. The Morgan fingerprint density at radius 1 is 1.44 bits per heavy atom. The lowest BCUT2D eigenvalue weighted by molar-refractivity contribution is 0.0864. The minimum absolute atomic E-state index is 0.0877. The molecule has 0 aliphatic rings. The maximum atomic E-state index is 12.6.